The van der Waals surface area contributed by atoms with Crippen LogP contribution in [-0.4, -0.2) is 21.6 Å². The number of amides is 2. The Morgan fingerprint density at radius 3 is 1.88 bits per heavy atom. The number of hydrogen-bond donors (Lipinski definition) is 2. The van der Waals surface area contributed by atoms with Crippen LogP contribution < -0.4 is 10.6 Å². The molecule has 6 heteroatoms. The molecule has 26 heavy (non-hydrogen) atoms. The van der Waals surface area contributed by atoms with E-state index in [-0.39, 0.29) is 17.2 Å². The molecule has 0 atom stereocenters. The lowest BCUT2D eigenvalue weighted by Crippen LogP contribution is -2.20. The van der Waals surface area contributed by atoms with Crippen LogP contribution in [0.2, 0.25) is 0 Å². The minimum absolute atomic E-state index is 0.0850. The lowest BCUT2D eigenvalue weighted by atomic mass is 10.1. The van der Waals surface area contributed by atoms with Gasteiger partial charge >= 0.3 is 0 Å². The SMILES string of the molecule is Cc1ccccc1NC(=O)c1cn(C)nc1C(=O)Nc1ccccc1C. The van der Waals surface area contributed by atoms with Gasteiger partial charge in [0.1, 0.15) is 0 Å². The second-order valence-electron chi connectivity index (χ2n) is 6.10. The summed E-state index contributed by atoms with van der Waals surface area (Å²) in [5.41, 5.74) is 3.57. The van der Waals surface area contributed by atoms with Gasteiger partial charge in [-0.05, 0) is 37.1 Å². The second kappa shape index (κ2) is 7.23. The van der Waals surface area contributed by atoms with E-state index in [1.807, 2.05) is 62.4 Å². The standard InChI is InChI=1S/C20H20N4O2/c1-13-8-4-6-10-16(13)21-19(25)15-12-24(3)23-18(15)20(26)22-17-11-7-5-9-14(17)2/h4-12H,1-3H3,(H,21,25)(H,22,26). The van der Waals surface area contributed by atoms with Crippen molar-refractivity contribution in [1.82, 2.24) is 9.78 Å². The van der Waals surface area contributed by atoms with Crippen molar-refractivity contribution in [2.24, 2.45) is 7.05 Å². The van der Waals surface area contributed by atoms with Crippen molar-refractivity contribution >= 4 is 23.2 Å². The fraction of sp³-hybridized carbons (Fsp3) is 0.150. The fourth-order valence-corrected chi connectivity index (χ4v) is 2.62. The zero-order chi connectivity index (χ0) is 18.7. The number of rotatable bonds is 4. The number of nitrogens with one attached hydrogen (secondary N) is 2. The maximum absolute atomic E-state index is 12.7. The predicted molar refractivity (Wildman–Crippen MR) is 101 cm³/mol. The molecule has 0 saturated heterocycles. The Morgan fingerprint density at radius 1 is 0.846 bits per heavy atom. The first kappa shape index (κ1) is 17.4. The molecule has 3 rings (SSSR count). The number of benzene rings is 2. The summed E-state index contributed by atoms with van der Waals surface area (Å²) < 4.78 is 1.46. The van der Waals surface area contributed by atoms with Gasteiger partial charge in [0.15, 0.2) is 5.69 Å². The number of carbonyl (C=O) groups excluding carboxylic acids is 2. The van der Waals surface area contributed by atoms with Gasteiger partial charge in [-0.3, -0.25) is 14.3 Å². The molecule has 2 N–H and O–H groups in total. The van der Waals surface area contributed by atoms with E-state index in [9.17, 15) is 9.59 Å². The van der Waals surface area contributed by atoms with E-state index in [4.69, 9.17) is 0 Å². The maximum atomic E-state index is 12.7. The third-order valence-corrected chi connectivity index (χ3v) is 4.08. The summed E-state index contributed by atoms with van der Waals surface area (Å²) in [4.78, 5) is 25.3. The summed E-state index contributed by atoms with van der Waals surface area (Å²) in [5, 5.41) is 9.82. The van der Waals surface area contributed by atoms with Gasteiger partial charge < -0.3 is 10.6 Å². The first-order chi connectivity index (χ1) is 12.5. The molecule has 0 aliphatic carbocycles. The van der Waals surface area contributed by atoms with Gasteiger partial charge in [-0.1, -0.05) is 36.4 Å². The van der Waals surface area contributed by atoms with Gasteiger partial charge in [0, 0.05) is 24.6 Å². The number of hydrogen-bond acceptors (Lipinski definition) is 3. The Kier molecular flexibility index (Phi) is 4.84. The number of nitrogens with zero attached hydrogens (tertiary/aromatic N) is 2. The van der Waals surface area contributed by atoms with Crippen molar-refractivity contribution in [2.45, 2.75) is 13.8 Å². The summed E-state index contributed by atoms with van der Waals surface area (Å²) in [6.45, 7) is 3.81. The van der Waals surface area contributed by atoms with Crippen molar-refractivity contribution < 1.29 is 9.59 Å². The van der Waals surface area contributed by atoms with Gasteiger partial charge in [0.2, 0.25) is 0 Å². The van der Waals surface area contributed by atoms with Crippen LogP contribution in [0.15, 0.2) is 54.7 Å². The summed E-state index contributed by atoms with van der Waals surface area (Å²) in [5.74, 6) is -0.794. The van der Waals surface area contributed by atoms with Crippen LogP contribution >= 0.6 is 0 Å². The Balaban J connectivity index is 1.86. The molecule has 0 fully saturated rings. The third-order valence-electron chi connectivity index (χ3n) is 4.08. The minimum atomic E-state index is -0.421. The van der Waals surface area contributed by atoms with Crippen molar-refractivity contribution in [2.75, 3.05) is 10.6 Å². The van der Waals surface area contributed by atoms with E-state index in [1.165, 1.54) is 4.68 Å². The van der Waals surface area contributed by atoms with Gasteiger partial charge in [-0.25, -0.2) is 0 Å². The van der Waals surface area contributed by atoms with Crippen LogP contribution in [0, 0.1) is 13.8 Å². The Hall–Kier alpha value is -3.41. The molecular formula is C20H20N4O2. The van der Waals surface area contributed by atoms with Crippen molar-refractivity contribution in [1.29, 1.82) is 0 Å². The van der Waals surface area contributed by atoms with E-state index < -0.39 is 5.91 Å². The minimum Gasteiger partial charge on any atom is -0.322 e. The van der Waals surface area contributed by atoms with Crippen LogP contribution in [0.4, 0.5) is 11.4 Å². The van der Waals surface area contributed by atoms with Crippen molar-refractivity contribution in [3.05, 3.63) is 77.1 Å². The zero-order valence-electron chi connectivity index (χ0n) is 14.9. The zero-order valence-corrected chi connectivity index (χ0v) is 14.9. The van der Waals surface area contributed by atoms with Crippen molar-refractivity contribution in [3.63, 3.8) is 0 Å². The average Bonchev–Trinajstić information content (AvgIpc) is 3.01. The first-order valence-electron chi connectivity index (χ1n) is 8.23. The van der Waals surface area contributed by atoms with E-state index >= 15 is 0 Å². The number of aryl methyl sites for hydroxylation is 3. The number of aromatic nitrogens is 2. The summed E-state index contributed by atoms with van der Waals surface area (Å²) in [7, 11) is 1.68. The molecule has 2 aromatic carbocycles. The Labute approximate surface area is 151 Å². The highest BCUT2D eigenvalue weighted by atomic mass is 16.2. The molecule has 3 aromatic rings. The fourth-order valence-electron chi connectivity index (χ4n) is 2.62. The first-order valence-corrected chi connectivity index (χ1v) is 8.23. The molecule has 0 aliphatic heterocycles. The van der Waals surface area contributed by atoms with E-state index in [2.05, 4.69) is 15.7 Å². The van der Waals surface area contributed by atoms with Crippen LogP contribution in [0.1, 0.15) is 32.0 Å². The highest BCUT2D eigenvalue weighted by Crippen LogP contribution is 2.18. The van der Waals surface area contributed by atoms with Gasteiger partial charge in [-0.2, -0.15) is 5.10 Å². The number of carbonyl (C=O) groups is 2. The monoisotopic (exact) mass is 348 g/mol. The molecule has 0 saturated carbocycles. The quantitative estimate of drug-likeness (QED) is 0.757. The summed E-state index contributed by atoms with van der Waals surface area (Å²) >= 11 is 0. The molecule has 1 aromatic heterocycles. The average molecular weight is 348 g/mol. The molecule has 132 valence electrons. The lowest BCUT2D eigenvalue weighted by Gasteiger charge is -2.09. The number of anilines is 2. The molecule has 1 heterocycles. The summed E-state index contributed by atoms with van der Waals surface area (Å²) in [6, 6.07) is 14.9. The van der Waals surface area contributed by atoms with Crippen molar-refractivity contribution in [3.8, 4) is 0 Å². The molecule has 0 radical (unpaired) electrons. The van der Waals surface area contributed by atoms with E-state index in [0.29, 0.717) is 11.4 Å². The Bertz CT molecular complexity index is 898. The topological polar surface area (TPSA) is 76.0 Å². The molecule has 6 nitrogen and oxygen atoms in total. The maximum Gasteiger partial charge on any atom is 0.277 e. The predicted octanol–water partition coefficient (Wildman–Crippen LogP) is 3.54. The highest BCUT2D eigenvalue weighted by molar-refractivity contribution is 6.14. The van der Waals surface area contributed by atoms with Crippen LogP contribution in [0.3, 0.4) is 0 Å². The molecule has 0 aliphatic rings. The molecule has 0 unspecified atom stereocenters. The smallest absolute Gasteiger partial charge is 0.277 e. The highest BCUT2D eigenvalue weighted by Gasteiger charge is 2.22. The number of para-hydroxylation sites is 2. The van der Waals surface area contributed by atoms with E-state index in [1.54, 1.807) is 13.2 Å². The van der Waals surface area contributed by atoms with Gasteiger partial charge in [0.05, 0.1) is 5.56 Å². The van der Waals surface area contributed by atoms with Crippen LogP contribution in [-0.2, 0) is 7.05 Å². The van der Waals surface area contributed by atoms with Crippen LogP contribution in [0.5, 0.6) is 0 Å². The molecule has 0 spiro atoms. The molecule has 2 amide bonds. The summed E-state index contributed by atoms with van der Waals surface area (Å²) in [6.07, 6.45) is 1.54. The molecule has 0 bridgehead atoms. The third kappa shape index (κ3) is 3.64. The largest absolute Gasteiger partial charge is 0.322 e. The Morgan fingerprint density at radius 2 is 1.35 bits per heavy atom. The lowest BCUT2D eigenvalue weighted by molar-refractivity contribution is 0.0988. The van der Waals surface area contributed by atoms with E-state index in [0.717, 1.165) is 11.1 Å². The van der Waals surface area contributed by atoms with Crippen LogP contribution in [0.25, 0.3) is 0 Å². The van der Waals surface area contributed by atoms with Gasteiger partial charge in [-0.15, -0.1) is 0 Å². The molecular weight excluding hydrogens is 328 g/mol. The normalized spacial score (nSPS) is 10.4. The van der Waals surface area contributed by atoms with Gasteiger partial charge in [0.25, 0.3) is 11.8 Å². The second-order valence-corrected chi connectivity index (χ2v) is 6.10.